The third kappa shape index (κ3) is 2.43. The number of hydrogen-bond donors (Lipinski definition) is 1. The van der Waals surface area contributed by atoms with Crippen LogP contribution in [0.2, 0.25) is 5.02 Å². The summed E-state index contributed by atoms with van der Waals surface area (Å²) in [6.07, 6.45) is 1.56. The molecule has 0 aliphatic carbocycles. The Balaban J connectivity index is 2.61. The molecular formula is C13H10ClNO3. The van der Waals surface area contributed by atoms with Crippen molar-refractivity contribution in [3.63, 3.8) is 0 Å². The first-order valence-electron chi connectivity index (χ1n) is 5.15. The van der Waals surface area contributed by atoms with Gasteiger partial charge in [-0.25, -0.2) is 9.78 Å². The SMILES string of the molecule is COc1cc(-c2cc(Cl)ccc2C(=O)O)ccn1. The zero-order valence-corrected chi connectivity index (χ0v) is 10.3. The van der Waals surface area contributed by atoms with E-state index in [1.165, 1.54) is 13.2 Å². The highest BCUT2D eigenvalue weighted by molar-refractivity contribution is 6.31. The van der Waals surface area contributed by atoms with E-state index < -0.39 is 5.97 Å². The van der Waals surface area contributed by atoms with Gasteiger partial charge in [0.25, 0.3) is 0 Å². The van der Waals surface area contributed by atoms with E-state index in [4.69, 9.17) is 21.4 Å². The number of nitrogens with zero attached hydrogens (tertiary/aromatic N) is 1. The van der Waals surface area contributed by atoms with Gasteiger partial charge in [0, 0.05) is 17.3 Å². The smallest absolute Gasteiger partial charge is 0.336 e. The number of carbonyl (C=O) groups is 1. The summed E-state index contributed by atoms with van der Waals surface area (Å²) in [5.74, 6) is -0.582. The Morgan fingerprint density at radius 1 is 1.33 bits per heavy atom. The predicted octanol–water partition coefficient (Wildman–Crippen LogP) is 3.11. The molecule has 1 aromatic heterocycles. The third-order valence-electron chi connectivity index (χ3n) is 2.47. The molecule has 18 heavy (non-hydrogen) atoms. The zero-order valence-electron chi connectivity index (χ0n) is 9.55. The maximum absolute atomic E-state index is 11.2. The molecule has 0 aliphatic rings. The van der Waals surface area contributed by atoms with Crippen LogP contribution < -0.4 is 4.74 Å². The minimum atomic E-state index is -1.00. The lowest BCUT2D eigenvalue weighted by Gasteiger charge is -2.08. The molecule has 1 heterocycles. The van der Waals surface area contributed by atoms with Crippen LogP contribution in [0.1, 0.15) is 10.4 Å². The standard InChI is InChI=1S/C13H10ClNO3/c1-18-12-6-8(4-5-15-12)11-7-9(14)2-3-10(11)13(16)17/h2-7H,1H3,(H,16,17). The van der Waals surface area contributed by atoms with Crippen molar-refractivity contribution >= 4 is 17.6 Å². The average molecular weight is 264 g/mol. The number of methoxy groups -OCH3 is 1. The van der Waals surface area contributed by atoms with Gasteiger partial charge < -0.3 is 9.84 Å². The van der Waals surface area contributed by atoms with Crippen molar-refractivity contribution in [2.24, 2.45) is 0 Å². The lowest BCUT2D eigenvalue weighted by atomic mass is 10.0. The molecule has 92 valence electrons. The van der Waals surface area contributed by atoms with Crippen molar-refractivity contribution in [2.45, 2.75) is 0 Å². The van der Waals surface area contributed by atoms with E-state index in [0.717, 1.165) is 0 Å². The summed E-state index contributed by atoms with van der Waals surface area (Å²) in [5.41, 5.74) is 1.42. The maximum Gasteiger partial charge on any atom is 0.336 e. The molecule has 4 nitrogen and oxygen atoms in total. The summed E-state index contributed by atoms with van der Waals surface area (Å²) in [5, 5.41) is 9.63. The molecule has 1 N–H and O–H groups in total. The number of carboxylic acids is 1. The number of hydrogen-bond acceptors (Lipinski definition) is 3. The monoisotopic (exact) mass is 263 g/mol. The van der Waals surface area contributed by atoms with Gasteiger partial charge in [-0.2, -0.15) is 0 Å². The van der Waals surface area contributed by atoms with Crippen LogP contribution in [0, 0.1) is 0 Å². The maximum atomic E-state index is 11.2. The number of carboxylic acid groups (broad SMARTS) is 1. The van der Waals surface area contributed by atoms with E-state index in [9.17, 15) is 4.79 Å². The van der Waals surface area contributed by atoms with Gasteiger partial charge in [-0.15, -0.1) is 0 Å². The molecule has 2 rings (SSSR count). The molecule has 0 fully saturated rings. The molecule has 0 saturated heterocycles. The first-order chi connectivity index (χ1) is 8.61. The largest absolute Gasteiger partial charge is 0.481 e. The first kappa shape index (κ1) is 12.4. The van der Waals surface area contributed by atoms with Gasteiger partial charge in [-0.1, -0.05) is 11.6 Å². The Morgan fingerprint density at radius 3 is 2.78 bits per heavy atom. The summed E-state index contributed by atoms with van der Waals surface area (Å²) >= 11 is 5.91. The Labute approximate surface area is 109 Å². The lowest BCUT2D eigenvalue weighted by molar-refractivity contribution is 0.0697. The van der Waals surface area contributed by atoms with Crippen molar-refractivity contribution in [1.82, 2.24) is 4.98 Å². The molecule has 0 atom stereocenters. The molecule has 0 unspecified atom stereocenters. The van der Waals surface area contributed by atoms with Crippen LogP contribution in [0.4, 0.5) is 0 Å². The van der Waals surface area contributed by atoms with E-state index >= 15 is 0 Å². The number of benzene rings is 1. The second kappa shape index (κ2) is 5.06. The highest BCUT2D eigenvalue weighted by Crippen LogP contribution is 2.28. The molecule has 1 aromatic carbocycles. The fourth-order valence-corrected chi connectivity index (χ4v) is 1.80. The van der Waals surface area contributed by atoms with E-state index in [2.05, 4.69) is 4.98 Å². The van der Waals surface area contributed by atoms with Crippen LogP contribution >= 0.6 is 11.6 Å². The molecule has 0 bridgehead atoms. The van der Waals surface area contributed by atoms with Crippen LogP contribution in [0.15, 0.2) is 36.5 Å². The minimum Gasteiger partial charge on any atom is -0.481 e. The van der Waals surface area contributed by atoms with Crippen molar-refractivity contribution in [2.75, 3.05) is 7.11 Å². The van der Waals surface area contributed by atoms with E-state index in [1.54, 1.807) is 30.5 Å². The number of rotatable bonds is 3. The van der Waals surface area contributed by atoms with Crippen molar-refractivity contribution < 1.29 is 14.6 Å². The topological polar surface area (TPSA) is 59.4 Å². The van der Waals surface area contributed by atoms with Crippen LogP contribution in [-0.4, -0.2) is 23.2 Å². The van der Waals surface area contributed by atoms with Gasteiger partial charge in [0.15, 0.2) is 0 Å². The number of aromatic nitrogens is 1. The average Bonchev–Trinajstić information content (AvgIpc) is 2.38. The van der Waals surface area contributed by atoms with E-state index in [0.29, 0.717) is 22.0 Å². The molecule has 0 aliphatic heterocycles. The van der Waals surface area contributed by atoms with Gasteiger partial charge in [0.2, 0.25) is 5.88 Å². The van der Waals surface area contributed by atoms with Gasteiger partial charge >= 0.3 is 5.97 Å². The fourth-order valence-electron chi connectivity index (χ4n) is 1.63. The third-order valence-corrected chi connectivity index (χ3v) is 2.70. The Bertz CT molecular complexity index is 599. The number of aromatic carboxylic acids is 1. The van der Waals surface area contributed by atoms with Crippen molar-refractivity contribution in [3.05, 3.63) is 47.1 Å². The number of halogens is 1. The van der Waals surface area contributed by atoms with Gasteiger partial charge in [-0.3, -0.25) is 0 Å². The van der Waals surface area contributed by atoms with Crippen LogP contribution in [-0.2, 0) is 0 Å². The second-order valence-electron chi connectivity index (χ2n) is 3.58. The Morgan fingerprint density at radius 2 is 2.11 bits per heavy atom. The van der Waals surface area contributed by atoms with Crippen molar-refractivity contribution in [3.8, 4) is 17.0 Å². The van der Waals surface area contributed by atoms with E-state index in [1.807, 2.05) is 0 Å². The summed E-state index contributed by atoms with van der Waals surface area (Å²) in [4.78, 5) is 15.1. The molecule has 0 amide bonds. The molecular weight excluding hydrogens is 254 g/mol. The first-order valence-corrected chi connectivity index (χ1v) is 5.53. The summed E-state index contributed by atoms with van der Waals surface area (Å²) in [6, 6.07) is 8.01. The minimum absolute atomic E-state index is 0.188. The van der Waals surface area contributed by atoms with Gasteiger partial charge in [0.1, 0.15) is 0 Å². The lowest BCUT2D eigenvalue weighted by Crippen LogP contribution is -1.99. The van der Waals surface area contributed by atoms with Gasteiger partial charge in [0.05, 0.1) is 12.7 Å². The zero-order chi connectivity index (χ0) is 13.1. The normalized spacial score (nSPS) is 10.1. The number of ether oxygens (including phenoxy) is 1. The molecule has 2 aromatic rings. The van der Waals surface area contributed by atoms with E-state index in [-0.39, 0.29) is 5.56 Å². The van der Waals surface area contributed by atoms with Crippen molar-refractivity contribution in [1.29, 1.82) is 0 Å². The number of pyridine rings is 1. The predicted molar refractivity (Wildman–Crippen MR) is 68.2 cm³/mol. The summed E-state index contributed by atoms with van der Waals surface area (Å²) in [7, 11) is 1.50. The van der Waals surface area contributed by atoms with Crippen LogP contribution in [0.25, 0.3) is 11.1 Å². The summed E-state index contributed by atoms with van der Waals surface area (Å²) in [6.45, 7) is 0. The fraction of sp³-hybridized carbons (Fsp3) is 0.0769. The Kier molecular flexibility index (Phi) is 3.48. The van der Waals surface area contributed by atoms with Gasteiger partial charge in [-0.05, 0) is 35.4 Å². The highest BCUT2D eigenvalue weighted by atomic mass is 35.5. The Hall–Kier alpha value is -2.07. The highest BCUT2D eigenvalue weighted by Gasteiger charge is 2.12. The molecule has 5 heteroatoms. The quantitative estimate of drug-likeness (QED) is 0.924. The molecule has 0 saturated carbocycles. The molecule has 0 radical (unpaired) electrons. The van der Waals surface area contributed by atoms with Crippen LogP contribution in [0.5, 0.6) is 5.88 Å². The van der Waals surface area contributed by atoms with Crippen LogP contribution in [0.3, 0.4) is 0 Å². The molecule has 0 spiro atoms. The summed E-state index contributed by atoms with van der Waals surface area (Å²) < 4.78 is 5.02. The second-order valence-corrected chi connectivity index (χ2v) is 4.02.